The van der Waals surface area contributed by atoms with E-state index in [2.05, 4.69) is 19.9 Å². The summed E-state index contributed by atoms with van der Waals surface area (Å²) in [5.74, 6) is 0.551. The Hall–Kier alpha value is -3.34. The molecule has 0 aliphatic rings. The van der Waals surface area contributed by atoms with Gasteiger partial charge >= 0.3 is 0 Å². The van der Waals surface area contributed by atoms with Crippen molar-refractivity contribution in [3.63, 3.8) is 0 Å². The van der Waals surface area contributed by atoms with Crippen LogP contribution in [0, 0.1) is 0 Å². The zero-order valence-corrected chi connectivity index (χ0v) is 12.0. The number of benzene rings is 1. The third-order valence-electron chi connectivity index (χ3n) is 3.88. The number of nitrogens with zero attached hydrogens (tertiary/aromatic N) is 4. The lowest BCUT2D eigenvalue weighted by atomic mass is 10.1. The minimum atomic E-state index is 0.551. The predicted octanol–water partition coefficient (Wildman–Crippen LogP) is 3.99. The number of hydrogen-bond acceptors (Lipinski definition) is 5. The molecule has 0 amide bonds. The summed E-state index contributed by atoms with van der Waals surface area (Å²) in [4.78, 5) is 17.8. The van der Waals surface area contributed by atoms with Crippen LogP contribution < -0.4 is 0 Å². The van der Waals surface area contributed by atoms with Crippen LogP contribution in [0.25, 0.3) is 44.4 Å². The normalized spacial score (nSPS) is 11.5. The lowest BCUT2D eigenvalue weighted by molar-refractivity contribution is 0.622. The van der Waals surface area contributed by atoms with E-state index in [9.17, 15) is 0 Å². The molecule has 4 heterocycles. The Bertz CT molecular complexity index is 1090. The fourth-order valence-electron chi connectivity index (χ4n) is 2.86. The van der Waals surface area contributed by atoms with Crippen LogP contribution in [0.3, 0.4) is 0 Å². The molecule has 4 aromatic heterocycles. The minimum absolute atomic E-state index is 0.551. The van der Waals surface area contributed by atoms with Crippen molar-refractivity contribution in [2.75, 3.05) is 0 Å². The second kappa shape index (κ2) is 4.58. The maximum absolute atomic E-state index is 6.06. The van der Waals surface area contributed by atoms with Crippen LogP contribution in [0.4, 0.5) is 0 Å². The largest absolute Gasteiger partial charge is 0.435 e. The lowest BCUT2D eigenvalue weighted by Gasteiger charge is -2.02. The molecular formula is C18H10N4O. The molecule has 0 saturated heterocycles. The molecule has 0 N–H and O–H groups in total. The van der Waals surface area contributed by atoms with Gasteiger partial charge in [0.25, 0.3) is 0 Å². The van der Waals surface area contributed by atoms with Gasteiger partial charge in [-0.2, -0.15) is 0 Å². The Morgan fingerprint density at radius 1 is 0.739 bits per heavy atom. The Morgan fingerprint density at radius 3 is 2.26 bits per heavy atom. The van der Waals surface area contributed by atoms with Gasteiger partial charge in [-0.05, 0) is 36.4 Å². The molecule has 0 unspecified atom stereocenters. The highest BCUT2D eigenvalue weighted by molar-refractivity contribution is 6.20. The van der Waals surface area contributed by atoms with Gasteiger partial charge in [0, 0.05) is 35.6 Å². The first kappa shape index (κ1) is 12.2. The highest BCUT2D eigenvalue weighted by atomic mass is 16.3. The smallest absolute Gasteiger partial charge is 0.228 e. The second-order valence-electron chi connectivity index (χ2n) is 5.24. The van der Waals surface area contributed by atoms with E-state index in [-0.39, 0.29) is 0 Å². The first-order valence-corrected chi connectivity index (χ1v) is 7.24. The van der Waals surface area contributed by atoms with Crippen LogP contribution in [0.15, 0.2) is 65.6 Å². The van der Waals surface area contributed by atoms with Crippen LogP contribution in [-0.4, -0.2) is 19.9 Å². The standard InChI is InChI=1S/C18H10N4O/c1-4-11(10-19-7-1)18-22-16-12-5-2-8-20-14(12)15-13(17(16)23-18)6-3-9-21-15/h1-10H. The Kier molecular flexibility index (Phi) is 2.43. The van der Waals surface area contributed by atoms with Crippen molar-refractivity contribution in [3.05, 3.63) is 61.2 Å². The summed E-state index contributed by atoms with van der Waals surface area (Å²) in [6.07, 6.45) is 7.00. The maximum Gasteiger partial charge on any atom is 0.228 e. The quantitative estimate of drug-likeness (QED) is 0.438. The van der Waals surface area contributed by atoms with E-state index in [4.69, 9.17) is 4.42 Å². The third kappa shape index (κ3) is 1.73. The summed E-state index contributed by atoms with van der Waals surface area (Å²) < 4.78 is 6.06. The molecule has 0 aliphatic heterocycles. The minimum Gasteiger partial charge on any atom is -0.435 e. The first-order chi connectivity index (χ1) is 11.4. The van der Waals surface area contributed by atoms with Crippen LogP contribution in [0.1, 0.15) is 0 Å². The van der Waals surface area contributed by atoms with Gasteiger partial charge in [0.2, 0.25) is 5.89 Å². The molecule has 23 heavy (non-hydrogen) atoms. The van der Waals surface area contributed by atoms with Crippen molar-refractivity contribution in [2.24, 2.45) is 0 Å². The monoisotopic (exact) mass is 298 g/mol. The SMILES string of the molecule is c1cncc(-c2nc3c4cccnc4c4ncccc4c3o2)c1. The fourth-order valence-corrected chi connectivity index (χ4v) is 2.86. The number of fused-ring (bicyclic) bond motifs is 6. The van der Waals surface area contributed by atoms with Crippen LogP contribution in [0.5, 0.6) is 0 Å². The van der Waals surface area contributed by atoms with E-state index in [0.717, 1.165) is 38.5 Å². The van der Waals surface area contributed by atoms with Gasteiger partial charge in [0.05, 0.1) is 11.1 Å². The van der Waals surface area contributed by atoms with E-state index >= 15 is 0 Å². The van der Waals surface area contributed by atoms with Crippen molar-refractivity contribution in [2.45, 2.75) is 0 Å². The summed E-state index contributed by atoms with van der Waals surface area (Å²) in [5, 5.41) is 1.85. The van der Waals surface area contributed by atoms with Crippen molar-refractivity contribution >= 4 is 32.9 Å². The number of pyridine rings is 3. The van der Waals surface area contributed by atoms with E-state index in [1.54, 1.807) is 24.8 Å². The molecule has 0 aliphatic carbocycles. The average Bonchev–Trinajstić information content (AvgIpc) is 3.09. The van der Waals surface area contributed by atoms with Gasteiger partial charge in [-0.3, -0.25) is 15.0 Å². The molecule has 5 heteroatoms. The molecule has 5 rings (SSSR count). The van der Waals surface area contributed by atoms with Crippen molar-refractivity contribution in [1.29, 1.82) is 0 Å². The number of oxazole rings is 1. The Morgan fingerprint density at radius 2 is 1.48 bits per heavy atom. The molecule has 0 atom stereocenters. The lowest BCUT2D eigenvalue weighted by Crippen LogP contribution is -1.86. The van der Waals surface area contributed by atoms with Gasteiger partial charge in [-0.1, -0.05) is 0 Å². The molecule has 5 nitrogen and oxygen atoms in total. The number of hydrogen-bond donors (Lipinski definition) is 0. The summed E-state index contributed by atoms with van der Waals surface area (Å²) in [7, 11) is 0. The van der Waals surface area contributed by atoms with Gasteiger partial charge in [0.1, 0.15) is 11.0 Å². The van der Waals surface area contributed by atoms with Crippen molar-refractivity contribution in [3.8, 4) is 11.5 Å². The summed E-state index contributed by atoms with van der Waals surface area (Å²) in [6.45, 7) is 0. The Balaban J connectivity index is 1.99. The highest BCUT2D eigenvalue weighted by Gasteiger charge is 2.16. The maximum atomic E-state index is 6.06. The number of aromatic nitrogens is 4. The van der Waals surface area contributed by atoms with Crippen molar-refractivity contribution < 1.29 is 4.42 Å². The molecule has 0 bridgehead atoms. The summed E-state index contributed by atoms with van der Waals surface area (Å²) >= 11 is 0. The van der Waals surface area contributed by atoms with E-state index in [1.165, 1.54) is 0 Å². The molecule has 0 saturated carbocycles. The summed E-state index contributed by atoms with van der Waals surface area (Å²) in [6, 6.07) is 11.6. The Labute approximate surface area is 130 Å². The van der Waals surface area contributed by atoms with Crippen LogP contribution in [0.2, 0.25) is 0 Å². The highest BCUT2D eigenvalue weighted by Crippen LogP contribution is 2.34. The molecule has 0 radical (unpaired) electrons. The topological polar surface area (TPSA) is 64.7 Å². The average molecular weight is 298 g/mol. The zero-order chi connectivity index (χ0) is 15.2. The van der Waals surface area contributed by atoms with Crippen molar-refractivity contribution in [1.82, 2.24) is 19.9 Å². The van der Waals surface area contributed by atoms with E-state index in [1.807, 2.05) is 36.4 Å². The third-order valence-corrected chi connectivity index (χ3v) is 3.88. The van der Waals surface area contributed by atoms with Gasteiger partial charge in [0.15, 0.2) is 5.58 Å². The number of rotatable bonds is 1. The van der Waals surface area contributed by atoms with Gasteiger partial charge in [-0.25, -0.2) is 4.98 Å². The van der Waals surface area contributed by atoms with Crippen LogP contribution >= 0.6 is 0 Å². The molecule has 0 fully saturated rings. The zero-order valence-electron chi connectivity index (χ0n) is 12.0. The van der Waals surface area contributed by atoms with Gasteiger partial charge in [-0.15, -0.1) is 0 Å². The second-order valence-corrected chi connectivity index (χ2v) is 5.24. The van der Waals surface area contributed by atoms with E-state index < -0.39 is 0 Å². The van der Waals surface area contributed by atoms with Gasteiger partial charge < -0.3 is 4.42 Å². The van der Waals surface area contributed by atoms with E-state index in [0.29, 0.717) is 5.89 Å². The first-order valence-electron chi connectivity index (χ1n) is 7.24. The molecular weight excluding hydrogens is 288 g/mol. The fraction of sp³-hybridized carbons (Fsp3) is 0. The van der Waals surface area contributed by atoms with Crippen LogP contribution in [-0.2, 0) is 0 Å². The molecule has 5 aromatic rings. The molecule has 0 spiro atoms. The molecule has 108 valence electrons. The predicted molar refractivity (Wildman–Crippen MR) is 87.8 cm³/mol. The summed E-state index contributed by atoms with van der Waals surface area (Å²) in [5.41, 5.74) is 4.03. The molecule has 1 aromatic carbocycles.